The summed E-state index contributed by atoms with van der Waals surface area (Å²) in [5, 5.41) is 21.8. The van der Waals surface area contributed by atoms with Crippen molar-refractivity contribution in [1.29, 1.82) is 0 Å². The van der Waals surface area contributed by atoms with Crippen LogP contribution in [0, 0.1) is 20.8 Å². The zero-order valence-electron chi connectivity index (χ0n) is 17.2. The highest BCUT2D eigenvalue weighted by molar-refractivity contribution is 7.92. The van der Waals surface area contributed by atoms with Crippen LogP contribution in [0.1, 0.15) is 33.9 Å². The molecule has 2 unspecified atom stereocenters. The highest BCUT2D eigenvalue weighted by Gasteiger charge is 2.42. The number of hydrogen-bond acceptors (Lipinski definition) is 4. The second-order valence-corrected chi connectivity index (χ2v) is 9.77. The number of benzene rings is 3. The van der Waals surface area contributed by atoms with Gasteiger partial charge in [0.25, 0.3) is 10.0 Å². The molecule has 0 amide bonds. The normalized spacial score (nSPS) is 18.3. The molecular weight excluding hydrogens is 398 g/mol. The van der Waals surface area contributed by atoms with Crippen LogP contribution in [0.4, 0.5) is 5.69 Å². The summed E-state index contributed by atoms with van der Waals surface area (Å²) in [7, 11) is -4.04. The fourth-order valence-electron chi connectivity index (χ4n) is 4.04. The Labute approximate surface area is 177 Å². The molecule has 0 heterocycles. The van der Waals surface area contributed by atoms with E-state index in [-0.39, 0.29) is 16.3 Å². The van der Waals surface area contributed by atoms with Crippen molar-refractivity contribution >= 4 is 15.7 Å². The molecule has 0 saturated heterocycles. The Balaban J connectivity index is 1.91. The van der Waals surface area contributed by atoms with E-state index < -0.39 is 22.2 Å². The van der Waals surface area contributed by atoms with Gasteiger partial charge in [-0.2, -0.15) is 0 Å². The first-order chi connectivity index (χ1) is 14.2. The second-order valence-electron chi connectivity index (χ2n) is 7.95. The van der Waals surface area contributed by atoms with Gasteiger partial charge in [0.05, 0.1) is 16.6 Å². The Hall–Kier alpha value is -2.83. The quantitative estimate of drug-likeness (QED) is 0.660. The van der Waals surface area contributed by atoms with Crippen LogP contribution in [0.5, 0.6) is 5.75 Å². The number of aromatic hydroxyl groups is 1. The van der Waals surface area contributed by atoms with Gasteiger partial charge in [0.2, 0.25) is 0 Å². The van der Waals surface area contributed by atoms with Crippen molar-refractivity contribution in [2.24, 2.45) is 0 Å². The minimum Gasteiger partial charge on any atom is -0.506 e. The van der Waals surface area contributed by atoms with E-state index in [1.54, 1.807) is 36.4 Å². The number of fused-ring (bicyclic) bond motifs is 1. The fourth-order valence-corrected chi connectivity index (χ4v) is 5.70. The van der Waals surface area contributed by atoms with E-state index in [0.29, 0.717) is 6.42 Å². The molecule has 0 fully saturated rings. The number of phenolic OH excluding ortho intramolecular Hbond substituents is 1. The Kier molecular flexibility index (Phi) is 5.08. The molecule has 156 valence electrons. The van der Waals surface area contributed by atoms with Crippen LogP contribution in [0.15, 0.2) is 65.6 Å². The van der Waals surface area contributed by atoms with Crippen LogP contribution in [0.3, 0.4) is 0 Å². The van der Waals surface area contributed by atoms with Crippen molar-refractivity contribution in [3.05, 3.63) is 88.5 Å². The van der Waals surface area contributed by atoms with E-state index in [9.17, 15) is 18.6 Å². The van der Waals surface area contributed by atoms with Crippen LogP contribution in [-0.2, 0) is 16.4 Å². The van der Waals surface area contributed by atoms with Crippen LogP contribution in [0.25, 0.3) is 0 Å². The summed E-state index contributed by atoms with van der Waals surface area (Å²) in [5.41, 5.74) is 4.46. The van der Waals surface area contributed by atoms with Gasteiger partial charge in [-0.3, -0.25) is 4.31 Å². The number of hydrogen-bond donors (Lipinski definition) is 2. The lowest BCUT2D eigenvalue weighted by Crippen LogP contribution is -2.43. The van der Waals surface area contributed by atoms with Crippen LogP contribution >= 0.6 is 0 Å². The fraction of sp³-hybridized carbons (Fsp3) is 0.250. The predicted octanol–water partition coefficient (Wildman–Crippen LogP) is 4.17. The maximum Gasteiger partial charge on any atom is 0.264 e. The van der Waals surface area contributed by atoms with Gasteiger partial charge in [-0.15, -0.1) is 0 Å². The van der Waals surface area contributed by atoms with Gasteiger partial charge in [-0.05, 0) is 73.7 Å². The third-order valence-corrected chi connectivity index (χ3v) is 7.73. The van der Waals surface area contributed by atoms with Gasteiger partial charge in [-0.25, -0.2) is 8.42 Å². The Bertz CT molecular complexity index is 1200. The van der Waals surface area contributed by atoms with Gasteiger partial charge in [0.15, 0.2) is 0 Å². The van der Waals surface area contributed by atoms with Crippen LogP contribution < -0.4 is 4.31 Å². The van der Waals surface area contributed by atoms with E-state index in [2.05, 4.69) is 0 Å². The molecular formula is C24H25NO4S. The molecule has 0 aromatic heterocycles. The highest BCUT2D eigenvalue weighted by Crippen LogP contribution is 2.42. The third kappa shape index (κ3) is 3.36. The summed E-state index contributed by atoms with van der Waals surface area (Å²) in [4.78, 5) is 0.119. The molecule has 30 heavy (non-hydrogen) atoms. The van der Waals surface area contributed by atoms with Gasteiger partial charge in [0.1, 0.15) is 11.9 Å². The molecule has 0 spiro atoms. The summed E-state index contributed by atoms with van der Waals surface area (Å²) < 4.78 is 28.8. The number of aryl methyl sites for hydroxylation is 3. The number of sulfonamides is 1. The lowest BCUT2D eigenvalue weighted by Gasteiger charge is -2.33. The molecule has 2 N–H and O–H groups in total. The molecule has 3 aromatic carbocycles. The van der Waals surface area contributed by atoms with Crippen LogP contribution in [0.2, 0.25) is 0 Å². The maximum absolute atomic E-state index is 13.8. The van der Waals surface area contributed by atoms with Gasteiger partial charge >= 0.3 is 0 Å². The standard InChI is InChI=1S/C24H25NO4S/c1-15-8-10-19(11-9-15)30(28,29)25(21-12-16(2)17(3)13-23(21)26)22-14-18-6-4-5-7-20(18)24(22)27/h4-13,22,24,26-27H,14H2,1-3H3. The minimum absolute atomic E-state index is 0.119. The zero-order valence-corrected chi connectivity index (χ0v) is 18.0. The van der Waals surface area contributed by atoms with Gasteiger partial charge in [0, 0.05) is 0 Å². The van der Waals surface area contributed by atoms with E-state index in [1.807, 2.05) is 45.0 Å². The number of nitrogens with zero attached hydrogens (tertiary/aromatic N) is 1. The molecule has 0 radical (unpaired) electrons. The molecule has 6 heteroatoms. The molecule has 4 rings (SSSR count). The second kappa shape index (κ2) is 7.45. The number of aliphatic hydroxyl groups excluding tert-OH is 1. The van der Waals surface area contributed by atoms with Crippen molar-refractivity contribution < 1.29 is 18.6 Å². The lowest BCUT2D eigenvalue weighted by molar-refractivity contribution is 0.161. The van der Waals surface area contributed by atoms with Gasteiger partial charge in [-0.1, -0.05) is 42.0 Å². The van der Waals surface area contributed by atoms with E-state index in [0.717, 1.165) is 27.8 Å². The Morgan fingerprint density at radius 1 is 0.933 bits per heavy atom. The maximum atomic E-state index is 13.8. The molecule has 1 aliphatic rings. The van der Waals surface area contributed by atoms with E-state index in [4.69, 9.17) is 0 Å². The average Bonchev–Trinajstić information content (AvgIpc) is 3.03. The average molecular weight is 424 g/mol. The molecule has 2 atom stereocenters. The predicted molar refractivity (Wildman–Crippen MR) is 117 cm³/mol. The number of anilines is 1. The molecule has 3 aromatic rings. The first-order valence-electron chi connectivity index (χ1n) is 9.87. The number of rotatable bonds is 4. The third-order valence-electron chi connectivity index (χ3n) is 5.87. The van der Waals surface area contributed by atoms with Crippen LogP contribution in [-0.4, -0.2) is 24.7 Å². The molecule has 0 aliphatic heterocycles. The summed E-state index contributed by atoms with van der Waals surface area (Å²) in [6.45, 7) is 5.62. The number of aliphatic hydroxyl groups is 1. The zero-order chi connectivity index (χ0) is 21.6. The minimum atomic E-state index is -4.04. The lowest BCUT2D eigenvalue weighted by atomic mass is 10.1. The highest BCUT2D eigenvalue weighted by atomic mass is 32.2. The van der Waals surface area contributed by atoms with Crippen molar-refractivity contribution in [3.63, 3.8) is 0 Å². The molecule has 0 bridgehead atoms. The van der Waals surface area contributed by atoms with Gasteiger partial charge < -0.3 is 10.2 Å². The molecule has 5 nitrogen and oxygen atoms in total. The molecule has 0 saturated carbocycles. The van der Waals surface area contributed by atoms with Crippen molar-refractivity contribution in [1.82, 2.24) is 0 Å². The van der Waals surface area contributed by atoms with E-state index >= 15 is 0 Å². The molecule has 1 aliphatic carbocycles. The topological polar surface area (TPSA) is 77.8 Å². The summed E-state index contributed by atoms with van der Waals surface area (Å²) in [6.07, 6.45) is -0.642. The Morgan fingerprint density at radius 3 is 2.23 bits per heavy atom. The monoisotopic (exact) mass is 423 g/mol. The van der Waals surface area contributed by atoms with Crippen molar-refractivity contribution in [2.75, 3.05) is 4.31 Å². The summed E-state index contributed by atoms with van der Waals surface area (Å²) in [5.74, 6) is -0.128. The summed E-state index contributed by atoms with van der Waals surface area (Å²) in [6, 6.07) is 16.5. The van der Waals surface area contributed by atoms with E-state index in [1.165, 1.54) is 4.31 Å². The first-order valence-corrected chi connectivity index (χ1v) is 11.3. The first kappa shape index (κ1) is 20.4. The smallest absolute Gasteiger partial charge is 0.264 e. The van der Waals surface area contributed by atoms with Crippen molar-refractivity contribution in [2.45, 2.75) is 44.2 Å². The van der Waals surface area contributed by atoms with Crippen molar-refractivity contribution in [3.8, 4) is 5.75 Å². The number of phenols is 1. The summed E-state index contributed by atoms with van der Waals surface area (Å²) >= 11 is 0. The Morgan fingerprint density at radius 2 is 1.57 bits per heavy atom. The largest absolute Gasteiger partial charge is 0.506 e. The SMILES string of the molecule is Cc1ccc(S(=O)(=O)N(c2cc(C)c(C)cc2O)C2Cc3ccccc3C2O)cc1.